The molecule has 1 aliphatic heterocycles. The summed E-state index contributed by atoms with van der Waals surface area (Å²) < 4.78 is 5.14. The molecule has 1 heterocycles. The molecule has 1 aliphatic rings. The van der Waals surface area contributed by atoms with Gasteiger partial charge in [0.2, 0.25) is 0 Å². The molecule has 0 unspecified atom stereocenters. The monoisotopic (exact) mass is 311 g/mol. The maximum absolute atomic E-state index is 12.5. The highest BCUT2D eigenvalue weighted by Crippen LogP contribution is 2.36. The van der Waals surface area contributed by atoms with Crippen LogP contribution in [-0.4, -0.2) is 18.3 Å². The van der Waals surface area contributed by atoms with E-state index in [-0.39, 0.29) is 11.1 Å². The van der Waals surface area contributed by atoms with Gasteiger partial charge in [-0.1, -0.05) is 36.4 Å². The van der Waals surface area contributed by atoms with E-state index in [1.165, 1.54) is 4.90 Å². The summed E-state index contributed by atoms with van der Waals surface area (Å²) in [6.45, 7) is 0. The van der Waals surface area contributed by atoms with Crippen molar-refractivity contribution in [2.75, 3.05) is 12.0 Å². The Morgan fingerprint density at radius 3 is 2.55 bits per heavy atom. The zero-order chi connectivity index (χ0) is 15.5. The van der Waals surface area contributed by atoms with Crippen molar-refractivity contribution < 1.29 is 14.3 Å². The normalized spacial score (nSPS) is 16.4. The molecular formula is C17H13NO3S. The van der Waals surface area contributed by atoms with Crippen LogP contribution < -0.4 is 9.64 Å². The van der Waals surface area contributed by atoms with Gasteiger partial charge < -0.3 is 4.74 Å². The number of ether oxygens (including phenoxy) is 1. The third-order valence-electron chi connectivity index (χ3n) is 3.20. The first-order valence-corrected chi connectivity index (χ1v) is 7.48. The van der Waals surface area contributed by atoms with Gasteiger partial charge in [0, 0.05) is 6.07 Å². The van der Waals surface area contributed by atoms with E-state index in [9.17, 15) is 9.59 Å². The molecule has 5 heteroatoms. The zero-order valence-electron chi connectivity index (χ0n) is 11.9. The second-order valence-electron chi connectivity index (χ2n) is 4.63. The molecule has 4 nitrogen and oxygen atoms in total. The SMILES string of the molecule is COc1cccc(N2C(=O)S/C(=C\c3ccccc3)C2=O)c1. The molecule has 0 N–H and O–H groups in total. The molecule has 1 saturated heterocycles. The maximum Gasteiger partial charge on any atom is 0.298 e. The van der Waals surface area contributed by atoms with Crippen molar-refractivity contribution in [2.24, 2.45) is 0 Å². The highest BCUT2D eigenvalue weighted by molar-refractivity contribution is 8.19. The van der Waals surface area contributed by atoms with Crippen LogP contribution in [0.3, 0.4) is 0 Å². The van der Waals surface area contributed by atoms with Crippen molar-refractivity contribution in [1.82, 2.24) is 0 Å². The predicted molar refractivity (Wildman–Crippen MR) is 87.9 cm³/mol. The molecule has 0 saturated carbocycles. The lowest BCUT2D eigenvalue weighted by atomic mass is 10.2. The van der Waals surface area contributed by atoms with Crippen molar-refractivity contribution in [3.8, 4) is 5.75 Å². The molecule has 0 radical (unpaired) electrons. The van der Waals surface area contributed by atoms with E-state index in [4.69, 9.17) is 4.74 Å². The van der Waals surface area contributed by atoms with Gasteiger partial charge in [-0.2, -0.15) is 0 Å². The van der Waals surface area contributed by atoms with E-state index in [0.717, 1.165) is 17.3 Å². The number of benzene rings is 2. The van der Waals surface area contributed by atoms with Gasteiger partial charge in [-0.25, -0.2) is 4.90 Å². The first-order valence-electron chi connectivity index (χ1n) is 6.66. The second kappa shape index (κ2) is 6.07. The number of methoxy groups -OCH3 is 1. The van der Waals surface area contributed by atoms with Crippen molar-refractivity contribution in [1.29, 1.82) is 0 Å². The topological polar surface area (TPSA) is 46.6 Å². The summed E-state index contributed by atoms with van der Waals surface area (Å²) in [7, 11) is 1.54. The summed E-state index contributed by atoms with van der Waals surface area (Å²) in [5.74, 6) is 0.288. The Bertz CT molecular complexity index is 756. The first-order chi connectivity index (χ1) is 10.7. The Hall–Kier alpha value is -2.53. The Kier molecular flexibility index (Phi) is 3.98. The van der Waals surface area contributed by atoms with E-state index in [1.54, 1.807) is 37.5 Å². The first kappa shape index (κ1) is 14.4. The minimum atomic E-state index is -0.313. The summed E-state index contributed by atoms with van der Waals surface area (Å²) in [5, 5.41) is -0.305. The van der Waals surface area contributed by atoms with Gasteiger partial charge in [-0.15, -0.1) is 0 Å². The van der Waals surface area contributed by atoms with Gasteiger partial charge >= 0.3 is 0 Å². The number of nitrogens with zero attached hydrogens (tertiary/aromatic N) is 1. The van der Waals surface area contributed by atoms with Crippen LogP contribution in [0.4, 0.5) is 10.5 Å². The number of carbonyl (C=O) groups is 2. The Morgan fingerprint density at radius 2 is 1.82 bits per heavy atom. The number of hydrogen-bond donors (Lipinski definition) is 0. The second-order valence-corrected chi connectivity index (χ2v) is 5.62. The quantitative estimate of drug-likeness (QED) is 0.806. The highest BCUT2D eigenvalue weighted by Gasteiger charge is 2.36. The van der Waals surface area contributed by atoms with Crippen LogP contribution in [0, 0.1) is 0 Å². The molecule has 2 amide bonds. The summed E-state index contributed by atoms with van der Waals surface area (Å²) in [4.78, 5) is 26.3. The van der Waals surface area contributed by atoms with Crippen LogP contribution in [0.2, 0.25) is 0 Å². The number of imide groups is 1. The van der Waals surface area contributed by atoms with Gasteiger partial charge in [0.25, 0.3) is 11.1 Å². The Labute approximate surface area is 132 Å². The van der Waals surface area contributed by atoms with E-state index >= 15 is 0 Å². The van der Waals surface area contributed by atoms with Gasteiger partial charge in [-0.3, -0.25) is 9.59 Å². The smallest absolute Gasteiger partial charge is 0.298 e. The molecule has 1 fully saturated rings. The average molecular weight is 311 g/mol. The summed E-state index contributed by atoms with van der Waals surface area (Å²) in [6.07, 6.45) is 1.73. The number of anilines is 1. The standard InChI is InChI=1S/C17H13NO3S/c1-21-14-9-5-8-13(11-14)18-16(19)15(22-17(18)20)10-12-6-3-2-4-7-12/h2-11H,1H3/b15-10-. The van der Waals surface area contributed by atoms with Crippen LogP contribution in [0.15, 0.2) is 59.5 Å². The van der Waals surface area contributed by atoms with Gasteiger partial charge in [0.1, 0.15) is 5.75 Å². The van der Waals surface area contributed by atoms with Crippen molar-refractivity contribution in [3.05, 3.63) is 65.1 Å². The van der Waals surface area contributed by atoms with E-state index in [2.05, 4.69) is 0 Å². The van der Waals surface area contributed by atoms with E-state index in [1.807, 2.05) is 30.3 Å². The summed E-state index contributed by atoms with van der Waals surface area (Å²) >= 11 is 0.943. The van der Waals surface area contributed by atoms with Crippen LogP contribution in [-0.2, 0) is 4.79 Å². The van der Waals surface area contributed by atoms with Crippen LogP contribution >= 0.6 is 11.8 Å². The number of carbonyl (C=O) groups excluding carboxylic acids is 2. The molecule has 3 rings (SSSR count). The molecule has 2 aromatic rings. The molecule has 110 valence electrons. The number of rotatable bonds is 3. The summed E-state index contributed by atoms with van der Waals surface area (Å²) in [5.41, 5.74) is 1.40. The van der Waals surface area contributed by atoms with Crippen molar-refractivity contribution in [3.63, 3.8) is 0 Å². The lowest BCUT2D eigenvalue weighted by Crippen LogP contribution is -2.27. The molecule has 2 aromatic carbocycles. The minimum Gasteiger partial charge on any atom is -0.497 e. The molecule has 0 spiro atoms. The van der Waals surface area contributed by atoms with Crippen LogP contribution in [0.25, 0.3) is 6.08 Å². The van der Waals surface area contributed by atoms with Crippen LogP contribution in [0.5, 0.6) is 5.75 Å². The zero-order valence-corrected chi connectivity index (χ0v) is 12.7. The van der Waals surface area contributed by atoms with Gasteiger partial charge in [-0.05, 0) is 35.5 Å². The third kappa shape index (κ3) is 2.76. The number of hydrogen-bond acceptors (Lipinski definition) is 4. The molecule has 0 aromatic heterocycles. The number of thioether (sulfide) groups is 1. The minimum absolute atomic E-state index is 0.305. The molecule has 0 aliphatic carbocycles. The Balaban J connectivity index is 1.93. The highest BCUT2D eigenvalue weighted by atomic mass is 32.2. The largest absolute Gasteiger partial charge is 0.497 e. The molecule has 22 heavy (non-hydrogen) atoms. The fourth-order valence-corrected chi connectivity index (χ4v) is 2.98. The number of amides is 2. The molecular weight excluding hydrogens is 298 g/mol. The fourth-order valence-electron chi connectivity index (χ4n) is 2.14. The van der Waals surface area contributed by atoms with E-state index < -0.39 is 0 Å². The summed E-state index contributed by atoms with van der Waals surface area (Å²) in [6, 6.07) is 16.3. The van der Waals surface area contributed by atoms with Gasteiger partial charge in [0.05, 0.1) is 17.7 Å². The fraction of sp³-hybridized carbons (Fsp3) is 0.0588. The predicted octanol–water partition coefficient (Wildman–Crippen LogP) is 3.94. The third-order valence-corrected chi connectivity index (χ3v) is 4.07. The maximum atomic E-state index is 12.5. The van der Waals surface area contributed by atoms with Gasteiger partial charge in [0.15, 0.2) is 0 Å². The lowest BCUT2D eigenvalue weighted by Gasteiger charge is -2.13. The Morgan fingerprint density at radius 1 is 1.05 bits per heavy atom. The van der Waals surface area contributed by atoms with Crippen molar-refractivity contribution >= 4 is 34.7 Å². The van der Waals surface area contributed by atoms with E-state index in [0.29, 0.717) is 16.3 Å². The average Bonchev–Trinajstić information content (AvgIpc) is 2.82. The van der Waals surface area contributed by atoms with Crippen LogP contribution in [0.1, 0.15) is 5.56 Å². The molecule has 0 bridgehead atoms. The molecule has 0 atom stereocenters. The van der Waals surface area contributed by atoms with Crippen molar-refractivity contribution in [2.45, 2.75) is 0 Å². The lowest BCUT2D eigenvalue weighted by molar-refractivity contribution is -0.113.